The van der Waals surface area contributed by atoms with Gasteiger partial charge < -0.3 is 19.7 Å². The average molecular weight is 431 g/mol. The fourth-order valence-corrected chi connectivity index (χ4v) is 5.06. The summed E-state index contributed by atoms with van der Waals surface area (Å²) in [7, 11) is 3.08. The van der Waals surface area contributed by atoms with Crippen LogP contribution in [0.15, 0.2) is 18.2 Å². The van der Waals surface area contributed by atoms with Gasteiger partial charge in [0.05, 0.1) is 32.0 Å². The van der Waals surface area contributed by atoms with Crippen molar-refractivity contribution in [2.24, 2.45) is 0 Å². The lowest BCUT2D eigenvalue weighted by atomic mass is 10.1. The maximum atomic E-state index is 13.1. The van der Waals surface area contributed by atoms with E-state index >= 15 is 0 Å². The Bertz CT molecular complexity index is 939. The van der Waals surface area contributed by atoms with Crippen molar-refractivity contribution in [1.29, 1.82) is 0 Å². The first kappa shape index (κ1) is 20.5. The second-order valence-corrected chi connectivity index (χ2v) is 8.57. The van der Waals surface area contributed by atoms with Crippen LogP contribution in [0.3, 0.4) is 0 Å². The van der Waals surface area contributed by atoms with Crippen LogP contribution in [0.5, 0.6) is 11.5 Å². The number of para-hydroxylation sites is 1. The number of ether oxygens (including phenoxy) is 2. The SMILES string of the molecule is COc1cccc(C(=O)N2CCc3nc(NC(=O)NC4CCCC4)sc3C2)c1OC. The van der Waals surface area contributed by atoms with E-state index in [9.17, 15) is 9.59 Å². The Kier molecular flexibility index (Phi) is 6.08. The van der Waals surface area contributed by atoms with Crippen molar-refractivity contribution >= 4 is 28.4 Å². The molecule has 0 bridgehead atoms. The van der Waals surface area contributed by atoms with Gasteiger partial charge in [0, 0.05) is 23.9 Å². The van der Waals surface area contributed by atoms with Crippen LogP contribution in [0.25, 0.3) is 0 Å². The number of aromatic nitrogens is 1. The van der Waals surface area contributed by atoms with E-state index in [0.717, 1.165) is 23.4 Å². The second kappa shape index (κ2) is 8.91. The number of nitrogens with one attached hydrogen (secondary N) is 2. The molecule has 1 saturated carbocycles. The van der Waals surface area contributed by atoms with Crippen molar-refractivity contribution < 1.29 is 19.1 Å². The van der Waals surface area contributed by atoms with Crippen LogP contribution in [0.2, 0.25) is 0 Å². The number of thiazole rings is 1. The van der Waals surface area contributed by atoms with Gasteiger partial charge in [-0.05, 0) is 25.0 Å². The zero-order valence-corrected chi connectivity index (χ0v) is 18.0. The molecule has 0 spiro atoms. The summed E-state index contributed by atoms with van der Waals surface area (Å²) in [6.07, 6.45) is 5.05. The monoisotopic (exact) mass is 430 g/mol. The number of carbonyl (C=O) groups is 2. The van der Waals surface area contributed by atoms with E-state index in [1.807, 2.05) is 0 Å². The fraction of sp³-hybridized carbons (Fsp3) is 0.476. The molecule has 2 aliphatic rings. The van der Waals surface area contributed by atoms with E-state index in [0.29, 0.717) is 41.7 Å². The number of rotatable bonds is 5. The number of hydrogen-bond acceptors (Lipinski definition) is 6. The Morgan fingerprint density at radius 1 is 1.20 bits per heavy atom. The summed E-state index contributed by atoms with van der Waals surface area (Å²) in [5, 5.41) is 6.43. The van der Waals surface area contributed by atoms with Crippen molar-refractivity contribution in [2.45, 2.75) is 44.7 Å². The zero-order chi connectivity index (χ0) is 21.1. The molecule has 0 radical (unpaired) electrons. The Balaban J connectivity index is 1.44. The van der Waals surface area contributed by atoms with Gasteiger partial charge in [0.1, 0.15) is 0 Å². The van der Waals surface area contributed by atoms with Crippen LogP contribution >= 0.6 is 11.3 Å². The van der Waals surface area contributed by atoms with Crippen molar-refractivity contribution in [3.63, 3.8) is 0 Å². The molecule has 2 heterocycles. The van der Waals surface area contributed by atoms with E-state index in [1.54, 1.807) is 30.2 Å². The number of amides is 3. The van der Waals surface area contributed by atoms with E-state index in [4.69, 9.17) is 9.47 Å². The molecule has 1 aliphatic heterocycles. The van der Waals surface area contributed by atoms with Gasteiger partial charge in [-0.1, -0.05) is 30.2 Å². The first-order chi connectivity index (χ1) is 14.6. The summed E-state index contributed by atoms with van der Waals surface area (Å²) in [5.41, 5.74) is 1.41. The highest BCUT2D eigenvalue weighted by molar-refractivity contribution is 7.15. The standard InChI is InChI=1S/C21H26N4O4S/c1-28-16-9-5-8-14(18(16)29-2)19(26)25-11-10-15-17(12-25)30-21(23-15)24-20(27)22-13-6-3-4-7-13/h5,8-9,13H,3-4,6-7,10-12H2,1-2H3,(H2,22,23,24,27). The number of fused-ring (bicyclic) bond motifs is 1. The number of anilines is 1. The molecule has 3 amide bonds. The lowest BCUT2D eigenvalue weighted by Crippen LogP contribution is -2.36. The lowest BCUT2D eigenvalue weighted by Gasteiger charge is -2.27. The van der Waals surface area contributed by atoms with Crippen molar-refractivity contribution in [1.82, 2.24) is 15.2 Å². The minimum absolute atomic E-state index is 0.113. The van der Waals surface area contributed by atoms with Crippen molar-refractivity contribution in [3.05, 3.63) is 34.3 Å². The van der Waals surface area contributed by atoms with Gasteiger partial charge in [-0.3, -0.25) is 10.1 Å². The topological polar surface area (TPSA) is 92.8 Å². The average Bonchev–Trinajstić information content (AvgIpc) is 3.40. The third-order valence-electron chi connectivity index (χ3n) is 5.56. The smallest absolute Gasteiger partial charge is 0.321 e. The molecule has 8 nitrogen and oxygen atoms in total. The number of urea groups is 1. The maximum absolute atomic E-state index is 13.1. The molecule has 30 heavy (non-hydrogen) atoms. The van der Waals surface area contributed by atoms with E-state index in [-0.39, 0.29) is 18.0 Å². The minimum Gasteiger partial charge on any atom is -0.493 e. The van der Waals surface area contributed by atoms with Gasteiger partial charge in [-0.15, -0.1) is 0 Å². The van der Waals surface area contributed by atoms with Crippen LogP contribution in [0.1, 0.15) is 46.6 Å². The van der Waals surface area contributed by atoms with E-state index in [1.165, 1.54) is 31.3 Å². The van der Waals surface area contributed by atoms with Crippen molar-refractivity contribution in [3.8, 4) is 11.5 Å². The largest absolute Gasteiger partial charge is 0.493 e. The highest BCUT2D eigenvalue weighted by Gasteiger charge is 2.28. The van der Waals surface area contributed by atoms with Gasteiger partial charge >= 0.3 is 6.03 Å². The molecule has 1 aromatic heterocycles. The first-order valence-electron chi connectivity index (χ1n) is 10.2. The maximum Gasteiger partial charge on any atom is 0.321 e. The zero-order valence-electron chi connectivity index (χ0n) is 17.2. The van der Waals surface area contributed by atoms with Gasteiger partial charge in [0.2, 0.25) is 0 Å². The summed E-state index contributed by atoms with van der Waals surface area (Å²) in [6.45, 7) is 1.02. The second-order valence-electron chi connectivity index (χ2n) is 7.49. The number of carbonyl (C=O) groups excluding carboxylic acids is 2. The lowest BCUT2D eigenvalue weighted by molar-refractivity contribution is 0.0732. The third kappa shape index (κ3) is 4.21. The highest BCUT2D eigenvalue weighted by atomic mass is 32.1. The fourth-order valence-electron chi connectivity index (χ4n) is 4.04. The Labute approximate surface area is 179 Å². The summed E-state index contributed by atoms with van der Waals surface area (Å²) < 4.78 is 10.7. The molecular formula is C21H26N4O4S. The molecule has 4 rings (SSSR count). The molecule has 0 atom stereocenters. The van der Waals surface area contributed by atoms with Crippen molar-refractivity contribution in [2.75, 3.05) is 26.1 Å². The molecule has 1 aliphatic carbocycles. The Hall–Kier alpha value is -2.81. The number of methoxy groups -OCH3 is 2. The molecule has 2 N–H and O–H groups in total. The molecule has 1 aromatic carbocycles. The predicted molar refractivity (Wildman–Crippen MR) is 115 cm³/mol. The number of nitrogens with zero attached hydrogens (tertiary/aromatic N) is 2. The number of hydrogen-bond donors (Lipinski definition) is 2. The third-order valence-corrected chi connectivity index (χ3v) is 6.56. The van der Waals surface area contributed by atoms with Crippen LogP contribution < -0.4 is 20.1 Å². The molecule has 0 unspecified atom stereocenters. The van der Waals surface area contributed by atoms with Crippen LogP contribution in [0, 0.1) is 0 Å². The van der Waals surface area contributed by atoms with Crippen LogP contribution in [0.4, 0.5) is 9.93 Å². The summed E-state index contributed by atoms with van der Waals surface area (Å²) in [4.78, 5) is 32.7. The van der Waals surface area contributed by atoms with Gasteiger partial charge in [-0.2, -0.15) is 0 Å². The molecule has 9 heteroatoms. The van der Waals surface area contributed by atoms with Gasteiger partial charge in [-0.25, -0.2) is 9.78 Å². The minimum atomic E-state index is -0.206. The van der Waals surface area contributed by atoms with E-state index in [2.05, 4.69) is 15.6 Å². The number of benzene rings is 1. The Morgan fingerprint density at radius 2 is 2.00 bits per heavy atom. The summed E-state index contributed by atoms with van der Waals surface area (Å²) >= 11 is 1.42. The molecule has 0 saturated heterocycles. The first-order valence-corrected chi connectivity index (χ1v) is 11.0. The van der Waals surface area contributed by atoms with Crippen LogP contribution in [-0.2, 0) is 13.0 Å². The highest BCUT2D eigenvalue weighted by Crippen LogP contribution is 2.34. The molecule has 160 valence electrons. The predicted octanol–water partition coefficient (Wildman–Crippen LogP) is 3.42. The molecule has 2 aromatic rings. The quantitative estimate of drug-likeness (QED) is 0.758. The Morgan fingerprint density at radius 3 is 2.73 bits per heavy atom. The summed E-state index contributed by atoms with van der Waals surface area (Å²) in [5.74, 6) is 0.850. The summed E-state index contributed by atoms with van der Waals surface area (Å²) in [6, 6.07) is 5.34. The van der Waals surface area contributed by atoms with Gasteiger partial charge in [0.15, 0.2) is 16.6 Å². The normalized spacial score (nSPS) is 16.1. The van der Waals surface area contributed by atoms with Gasteiger partial charge in [0.25, 0.3) is 5.91 Å². The van der Waals surface area contributed by atoms with Crippen LogP contribution in [-0.4, -0.2) is 48.6 Å². The molecular weight excluding hydrogens is 404 g/mol. The molecule has 1 fully saturated rings. The van der Waals surface area contributed by atoms with E-state index < -0.39 is 0 Å².